The minimum atomic E-state index is -0.450. The predicted octanol–water partition coefficient (Wildman–Crippen LogP) is 2.83. The van der Waals surface area contributed by atoms with E-state index in [1.165, 1.54) is 12.8 Å². The number of anilines is 1. The van der Waals surface area contributed by atoms with E-state index in [-0.39, 0.29) is 30.3 Å². The van der Waals surface area contributed by atoms with Crippen molar-refractivity contribution in [3.63, 3.8) is 0 Å². The second kappa shape index (κ2) is 14.0. The molecular formula is C35H47N9O3. The Balaban J connectivity index is 0.981. The van der Waals surface area contributed by atoms with E-state index in [1.807, 2.05) is 51.1 Å². The number of nitrogens with zero attached hydrogens (tertiary/aromatic N) is 7. The van der Waals surface area contributed by atoms with E-state index in [9.17, 15) is 14.4 Å². The number of urea groups is 1. The lowest BCUT2D eigenvalue weighted by atomic mass is 9.92. The highest BCUT2D eigenvalue weighted by atomic mass is 16.2. The van der Waals surface area contributed by atoms with Gasteiger partial charge in [-0.1, -0.05) is 24.3 Å². The highest BCUT2D eigenvalue weighted by molar-refractivity contribution is 5.91. The van der Waals surface area contributed by atoms with Crippen molar-refractivity contribution in [3.8, 4) is 0 Å². The van der Waals surface area contributed by atoms with Gasteiger partial charge in [0.2, 0.25) is 11.8 Å². The molecule has 3 saturated heterocycles. The van der Waals surface area contributed by atoms with Crippen molar-refractivity contribution < 1.29 is 14.4 Å². The Hall–Kier alpha value is -4.03. The van der Waals surface area contributed by atoms with Crippen molar-refractivity contribution in [2.45, 2.75) is 57.0 Å². The number of piperidine rings is 2. The third-order valence-electron chi connectivity index (χ3n) is 10.9. The zero-order valence-corrected chi connectivity index (χ0v) is 27.4. The average molecular weight is 642 g/mol. The summed E-state index contributed by atoms with van der Waals surface area (Å²) in [6, 6.07) is 14.5. The standard InChI is InChI=1S/C35H47N9O3/c1-40-13-9-28(10-14-40)41-18-20-43(21-19-41)34(46)27(22-25-6-7-31-32(23-25)38-39-37-31)24-33(45)42-15-11-29(12-16-42)44-17-8-26-4-2-3-5-30(26)36-35(44)47/h2-7,23,27-29H,8-22,24H2,1H3,(H,36,47)(H,37,38,39). The molecule has 1 unspecified atom stereocenters. The number of aromatic nitrogens is 3. The molecule has 4 aliphatic heterocycles. The van der Waals surface area contributed by atoms with Crippen LogP contribution >= 0.6 is 0 Å². The summed E-state index contributed by atoms with van der Waals surface area (Å²) in [7, 11) is 2.18. The van der Waals surface area contributed by atoms with Gasteiger partial charge < -0.3 is 24.9 Å². The highest BCUT2D eigenvalue weighted by Gasteiger charge is 2.35. The summed E-state index contributed by atoms with van der Waals surface area (Å²) < 4.78 is 0. The Kier molecular flexibility index (Phi) is 9.39. The Morgan fingerprint density at radius 3 is 2.34 bits per heavy atom. The van der Waals surface area contributed by atoms with E-state index in [2.05, 4.69) is 43.6 Å². The monoisotopic (exact) mass is 641 g/mol. The second-order valence-electron chi connectivity index (χ2n) is 13.8. The van der Waals surface area contributed by atoms with E-state index in [1.54, 1.807) is 0 Å². The molecule has 5 heterocycles. The molecule has 0 saturated carbocycles. The van der Waals surface area contributed by atoms with Crippen LogP contribution in [0.2, 0.25) is 0 Å². The number of aromatic amines is 1. The molecule has 3 fully saturated rings. The number of rotatable bonds is 7. The molecule has 47 heavy (non-hydrogen) atoms. The van der Waals surface area contributed by atoms with E-state index in [4.69, 9.17) is 0 Å². The maximum atomic E-state index is 14.1. The van der Waals surface area contributed by atoms with Gasteiger partial charge in [0.25, 0.3) is 0 Å². The zero-order valence-electron chi connectivity index (χ0n) is 27.4. The number of hydrogen-bond donors (Lipinski definition) is 2. The molecule has 1 atom stereocenters. The number of piperazine rings is 1. The molecule has 2 aromatic carbocycles. The Labute approximate surface area is 276 Å². The number of carbonyl (C=O) groups is 3. The largest absolute Gasteiger partial charge is 0.343 e. The molecule has 0 bridgehead atoms. The van der Waals surface area contributed by atoms with Crippen molar-refractivity contribution in [1.29, 1.82) is 0 Å². The summed E-state index contributed by atoms with van der Waals surface area (Å²) in [4.78, 5) is 51.8. The topological polar surface area (TPSA) is 121 Å². The number of nitrogens with one attached hydrogen (secondary N) is 2. The Bertz CT molecular complexity index is 1570. The van der Waals surface area contributed by atoms with Crippen molar-refractivity contribution in [3.05, 3.63) is 53.6 Å². The summed E-state index contributed by atoms with van der Waals surface area (Å²) in [6.07, 6.45) is 5.29. The van der Waals surface area contributed by atoms with Crippen molar-refractivity contribution in [2.24, 2.45) is 5.92 Å². The molecule has 4 amide bonds. The van der Waals surface area contributed by atoms with Crippen LogP contribution < -0.4 is 5.32 Å². The summed E-state index contributed by atoms with van der Waals surface area (Å²) in [5.74, 6) is -0.367. The van der Waals surface area contributed by atoms with Gasteiger partial charge in [-0.3, -0.25) is 14.5 Å². The fraction of sp³-hybridized carbons (Fsp3) is 0.571. The van der Waals surface area contributed by atoms with Gasteiger partial charge in [-0.15, -0.1) is 0 Å². The molecule has 12 heteroatoms. The number of H-pyrrole nitrogens is 1. The average Bonchev–Trinajstić information content (AvgIpc) is 3.50. The van der Waals surface area contributed by atoms with Crippen LogP contribution in [0.4, 0.5) is 10.5 Å². The molecule has 4 aliphatic rings. The first-order valence-corrected chi connectivity index (χ1v) is 17.4. The van der Waals surface area contributed by atoms with Gasteiger partial charge in [0.1, 0.15) is 11.0 Å². The first-order valence-electron chi connectivity index (χ1n) is 17.4. The Morgan fingerprint density at radius 1 is 0.830 bits per heavy atom. The molecule has 1 aromatic heterocycles. The highest BCUT2D eigenvalue weighted by Crippen LogP contribution is 2.27. The fourth-order valence-electron chi connectivity index (χ4n) is 7.97. The molecule has 0 spiro atoms. The maximum absolute atomic E-state index is 14.1. The Morgan fingerprint density at radius 2 is 1.55 bits per heavy atom. The summed E-state index contributed by atoms with van der Waals surface area (Å²) in [5.41, 5.74) is 4.55. The van der Waals surface area contributed by atoms with Crippen LogP contribution in [-0.4, -0.2) is 136 Å². The van der Waals surface area contributed by atoms with Gasteiger partial charge in [-0.25, -0.2) is 4.79 Å². The van der Waals surface area contributed by atoms with E-state index >= 15 is 0 Å². The zero-order chi connectivity index (χ0) is 32.3. The number of likely N-dealkylation sites (tertiary alicyclic amines) is 2. The summed E-state index contributed by atoms with van der Waals surface area (Å²) in [5, 5.41) is 14.1. The van der Waals surface area contributed by atoms with Crippen molar-refractivity contribution in [2.75, 3.05) is 71.3 Å². The maximum Gasteiger partial charge on any atom is 0.322 e. The molecule has 250 valence electrons. The number of carbonyl (C=O) groups excluding carboxylic acids is 3. The third-order valence-corrected chi connectivity index (χ3v) is 10.9. The summed E-state index contributed by atoms with van der Waals surface area (Å²) in [6.45, 7) is 7.25. The lowest BCUT2D eigenvalue weighted by molar-refractivity contribution is -0.143. The molecule has 12 nitrogen and oxygen atoms in total. The van der Waals surface area contributed by atoms with Crippen LogP contribution in [0.3, 0.4) is 0 Å². The van der Waals surface area contributed by atoms with Gasteiger partial charge in [0.15, 0.2) is 0 Å². The smallest absolute Gasteiger partial charge is 0.322 e. The number of fused-ring (bicyclic) bond motifs is 2. The van der Waals surface area contributed by atoms with Gasteiger partial charge in [-0.2, -0.15) is 15.4 Å². The van der Waals surface area contributed by atoms with Crippen LogP contribution in [0, 0.1) is 5.92 Å². The number of para-hydroxylation sites is 1. The van der Waals surface area contributed by atoms with Gasteiger partial charge >= 0.3 is 6.03 Å². The van der Waals surface area contributed by atoms with Crippen LogP contribution in [0.5, 0.6) is 0 Å². The minimum absolute atomic E-state index is 0.0157. The van der Waals surface area contributed by atoms with Gasteiger partial charge in [-0.05, 0) is 88.0 Å². The fourth-order valence-corrected chi connectivity index (χ4v) is 7.97. The number of amides is 4. The molecule has 2 N–H and O–H groups in total. The first kappa shape index (κ1) is 31.6. The number of hydrogen-bond acceptors (Lipinski definition) is 7. The van der Waals surface area contributed by atoms with Gasteiger partial charge in [0.05, 0.1) is 5.92 Å². The van der Waals surface area contributed by atoms with Crippen LogP contribution in [0.15, 0.2) is 42.5 Å². The van der Waals surface area contributed by atoms with Crippen molar-refractivity contribution >= 4 is 34.6 Å². The van der Waals surface area contributed by atoms with Crippen LogP contribution in [0.1, 0.15) is 43.2 Å². The van der Waals surface area contributed by atoms with Crippen LogP contribution in [-0.2, 0) is 22.4 Å². The minimum Gasteiger partial charge on any atom is -0.343 e. The molecule has 0 aliphatic carbocycles. The van der Waals surface area contributed by atoms with E-state index < -0.39 is 5.92 Å². The lowest BCUT2D eigenvalue weighted by Crippen LogP contribution is -2.55. The van der Waals surface area contributed by atoms with Crippen molar-refractivity contribution in [1.82, 2.24) is 39.9 Å². The van der Waals surface area contributed by atoms with Gasteiger partial charge in [0, 0.05) is 70.0 Å². The first-order chi connectivity index (χ1) is 22.9. The molecule has 0 radical (unpaired) electrons. The normalized spacial score (nSPS) is 21.4. The second-order valence-corrected chi connectivity index (χ2v) is 13.8. The van der Waals surface area contributed by atoms with E-state index in [0.29, 0.717) is 45.2 Å². The quantitative estimate of drug-likeness (QED) is 0.407. The SMILES string of the molecule is CN1CCC(N2CCN(C(=O)C(CC(=O)N3CCC(N4CCc5ccccc5NC4=O)CC3)Cc3ccc4n[nH]nc4c3)CC2)CC1. The third kappa shape index (κ3) is 7.13. The molecular weight excluding hydrogens is 594 g/mol. The number of benzene rings is 2. The molecule has 3 aromatic rings. The predicted molar refractivity (Wildman–Crippen MR) is 180 cm³/mol. The van der Waals surface area contributed by atoms with E-state index in [0.717, 1.165) is 73.3 Å². The molecule has 7 rings (SSSR count). The summed E-state index contributed by atoms with van der Waals surface area (Å²) >= 11 is 0. The van der Waals surface area contributed by atoms with Crippen LogP contribution in [0.25, 0.3) is 11.0 Å². The lowest BCUT2D eigenvalue weighted by Gasteiger charge is -2.43.